The van der Waals surface area contributed by atoms with Crippen LogP contribution in [-0.4, -0.2) is 7.11 Å². The first-order chi connectivity index (χ1) is 8.60. The van der Waals surface area contributed by atoms with Gasteiger partial charge in [0.2, 0.25) is 0 Å². The standard InChI is InChI=1S/C14H14BrNO2/c1-9-7-11(3-5-13(9)16)18-14-6-4-10(17-2)8-12(14)15/h3-8H,16H2,1-2H3. The summed E-state index contributed by atoms with van der Waals surface area (Å²) in [6.45, 7) is 1.95. The second-order valence-electron chi connectivity index (χ2n) is 3.92. The number of methoxy groups -OCH3 is 1. The van der Waals surface area contributed by atoms with E-state index >= 15 is 0 Å². The Hall–Kier alpha value is -1.68. The maximum Gasteiger partial charge on any atom is 0.141 e. The van der Waals surface area contributed by atoms with Crippen LogP contribution in [0.25, 0.3) is 0 Å². The first kappa shape index (κ1) is 12.8. The van der Waals surface area contributed by atoms with Crippen molar-refractivity contribution in [3.63, 3.8) is 0 Å². The lowest BCUT2D eigenvalue weighted by molar-refractivity contribution is 0.412. The van der Waals surface area contributed by atoms with Crippen LogP contribution in [0, 0.1) is 6.92 Å². The summed E-state index contributed by atoms with van der Waals surface area (Å²) in [6, 6.07) is 11.2. The van der Waals surface area contributed by atoms with Gasteiger partial charge in [-0.15, -0.1) is 0 Å². The molecule has 2 rings (SSSR count). The Bertz CT molecular complexity index is 570. The molecule has 0 aliphatic heterocycles. The van der Waals surface area contributed by atoms with E-state index in [0.717, 1.165) is 33.0 Å². The molecule has 0 aliphatic rings. The van der Waals surface area contributed by atoms with E-state index in [0.29, 0.717) is 0 Å². The van der Waals surface area contributed by atoms with Crippen LogP contribution >= 0.6 is 15.9 Å². The molecule has 3 nitrogen and oxygen atoms in total. The van der Waals surface area contributed by atoms with Gasteiger partial charge in [0.15, 0.2) is 0 Å². The normalized spacial score (nSPS) is 10.2. The largest absolute Gasteiger partial charge is 0.497 e. The lowest BCUT2D eigenvalue weighted by Crippen LogP contribution is -1.91. The van der Waals surface area contributed by atoms with Crippen molar-refractivity contribution in [3.05, 3.63) is 46.4 Å². The van der Waals surface area contributed by atoms with Crippen molar-refractivity contribution in [2.45, 2.75) is 6.92 Å². The van der Waals surface area contributed by atoms with E-state index in [1.54, 1.807) is 7.11 Å². The van der Waals surface area contributed by atoms with E-state index in [1.807, 2.05) is 43.3 Å². The quantitative estimate of drug-likeness (QED) is 0.867. The highest BCUT2D eigenvalue weighted by molar-refractivity contribution is 9.10. The SMILES string of the molecule is COc1ccc(Oc2ccc(N)c(C)c2)c(Br)c1. The van der Waals surface area contributed by atoms with Gasteiger partial charge < -0.3 is 15.2 Å². The average molecular weight is 308 g/mol. The predicted molar refractivity (Wildman–Crippen MR) is 76.4 cm³/mol. The fourth-order valence-corrected chi connectivity index (χ4v) is 1.97. The van der Waals surface area contributed by atoms with Gasteiger partial charge in [0.05, 0.1) is 11.6 Å². The van der Waals surface area contributed by atoms with E-state index in [1.165, 1.54) is 0 Å². The Balaban J connectivity index is 2.25. The molecule has 0 atom stereocenters. The molecule has 0 saturated carbocycles. The molecule has 2 aromatic carbocycles. The Labute approximate surface area is 115 Å². The van der Waals surface area contributed by atoms with Crippen LogP contribution in [0.3, 0.4) is 0 Å². The first-order valence-corrected chi connectivity index (χ1v) is 6.27. The Morgan fingerprint density at radius 2 is 1.78 bits per heavy atom. The molecule has 0 fully saturated rings. The second kappa shape index (κ2) is 5.31. The van der Waals surface area contributed by atoms with Crippen LogP contribution in [-0.2, 0) is 0 Å². The average Bonchev–Trinajstić information content (AvgIpc) is 2.36. The summed E-state index contributed by atoms with van der Waals surface area (Å²) in [4.78, 5) is 0. The minimum atomic E-state index is 0.736. The summed E-state index contributed by atoms with van der Waals surface area (Å²) >= 11 is 3.45. The summed E-state index contributed by atoms with van der Waals surface area (Å²) in [5.74, 6) is 2.27. The van der Waals surface area contributed by atoms with E-state index in [-0.39, 0.29) is 0 Å². The van der Waals surface area contributed by atoms with E-state index in [4.69, 9.17) is 15.2 Å². The highest BCUT2D eigenvalue weighted by Crippen LogP contribution is 2.33. The third kappa shape index (κ3) is 2.76. The maximum absolute atomic E-state index is 5.79. The summed E-state index contributed by atoms with van der Waals surface area (Å²) in [5.41, 5.74) is 7.53. The number of benzene rings is 2. The molecule has 2 aromatic rings. The lowest BCUT2D eigenvalue weighted by Gasteiger charge is -2.10. The van der Waals surface area contributed by atoms with Crippen molar-refractivity contribution in [2.75, 3.05) is 12.8 Å². The number of ether oxygens (including phenoxy) is 2. The van der Waals surface area contributed by atoms with Gasteiger partial charge in [-0.25, -0.2) is 0 Å². The Morgan fingerprint density at radius 3 is 2.39 bits per heavy atom. The first-order valence-electron chi connectivity index (χ1n) is 5.47. The molecular weight excluding hydrogens is 294 g/mol. The number of aryl methyl sites for hydroxylation is 1. The van der Waals surface area contributed by atoms with Gasteiger partial charge in [0.25, 0.3) is 0 Å². The molecule has 0 amide bonds. The fourth-order valence-electron chi connectivity index (χ4n) is 1.53. The van der Waals surface area contributed by atoms with E-state index in [9.17, 15) is 0 Å². The molecule has 0 aromatic heterocycles. The third-order valence-corrected chi connectivity index (χ3v) is 3.23. The molecule has 18 heavy (non-hydrogen) atoms. The molecule has 0 saturated heterocycles. The van der Waals surface area contributed by atoms with Crippen LogP contribution in [0.4, 0.5) is 5.69 Å². The van der Waals surface area contributed by atoms with E-state index in [2.05, 4.69) is 15.9 Å². The molecule has 2 N–H and O–H groups in total. The van der Waals surface area contributed by atoms with Crippen molar-refractivity contribution in [1.29, 1.82) is 0 Å². The van der Waals surface area contributed by atoms with Crippen LogP contribution in [0.15, 0.2) is 40.9 Å². The minimum absolute atomic E-state index is 0.736. The summed E-state index contributed by atoms with van der Waals surface area (Å²) in [6.07, 6.45) is 0. The molecule has 94 valence electrons. The van der Waals surface area contributed by atoms with Crippen molar-refractivity contribution < 1.29 is 9.47 Å². The van der Waals surface area contributed by atoms with Crippen molar-refractivity contribution >= 4 is 21.6 Å². The van der Waals surface area contributed by atoms with Crippen molar-refractivity contribution in [1.82, 2.24) is 0 Å². The third-order valence-electron chi connectivity index (χ3n) is 2.61. The summed E-state index contributed by atoms with van der Waals surface area (Å²) in [7, 11) is 1.63. The minimum Gasteiger partial charge on any atom is -0.497 e. The highest BCUT2D eigenvalue weighted by atomic mass is 79.9. The van der Waals surface area contributed by atoms with Gasteiger partial charge in [-0.3, -0.25) is 0 Å². The summed E-state index contributed by atoms with van der Waals surface area (Å²) in [5, 5.41) is 0. The molecular formula is C14H14BrNO2. The zero-order valence-corrected chi connectivity index (χ0v) is 11.8. The smallest absolute Gasteiger partial charge is 0.141 e. The monoisotopic (exact) mass is 307 g/mol. The number of hydrogen-bond donors (Lipinski definition) is 1. The number of nitrogens with two attached hydrogens (primary N) is 1. The Kier molecular flexibility index (Phi) is 3.77. The highest BCUT2D eigenvalue weighted by Gasteiger charge is 2.05. The topological polar surface area (TPSA) is 44.5 Å². The lowest BCUT2D eigenvalue weighted by atomic mass is 10.2. The fraction of sp³-hybridized carbons (Fsp3) is 0.143. The number of rotatable bonds is 3. The summed E-state index contributed by atoms with van der Waals surface area (Å²) < 4.78 is 11.8. The van der Waals surface area contributed by atoms with Gasteiger partial charge in [0, 0.05) is 5.69 Å². The van der Waals surface area contributed by atoms with Gasteiger partial charge in [-0.2, -0.15) is 0 Å². The van der Waals surface area contributed by atoms with Crippen molar-refractivity contribution in [3.8, 4) is 17.2 Å². The molecule has 0 unspecified atom stereocenters. The van der Waals surface area contributed by atoms with Crippen molar-refractivity contribution in [2.24, 2.45) is 0 Å². The zero-order valence-electron chi connectivity index (χ0n) is 10.2. The molecule has 0 radical (unpaired) electrons. The van der Waals surface area contributed by atoms with Gasteiger partial charge in [-0.1, -0.05) is 0 Å². The number of nitrogen functional groups attached to an aromatic ring is 1. The maximum atomic E-state index is 5.79. The number of hydrogen-bond acceptors (Lipinski definition) is 3. The molecule has 0 aliphatic carbocycles. The van der Waals surface area contributed by atoms with E-state index < -0.39 is 0 Å². The zero-order chi connectivity index (χ0) is 13.1. The van der Waals surface area contributed by atoms with Crippen LogP contribution in [0.1, 0.15) is 5.56 Å². The van der Waals surface area contributed by atoms with Gasteiger partial charge in [0.1, 0.15) is 17.2 Å². The van der Waals surface area contributed by atoms with Crippen LogP contribution < -0.4 is 15.2 Å². The molecule has 0 bridgehead atoms. The van der Waals surface area contributed by atoms with Gasteiger partial charge >= 0.3 is 0 Å². The predicted octanol–water partition coefficient (Wildman–Crippen LogP) is 4.14. The number of halogens is 1. The molecule has 0 heterocycles. The van der Waals surface area contributed by atoms with Gasteiger partial charge in [-0.05, 0) is 64.8 Å². The number of anilines is 1. The second-order valence-corrected chi connectivity index (χ2v) is 4.77. The Morgan fingerprint density at radius 1 is 1.06 bits per heavy atom. The van der Waals surface area contributed by atoms with Crippen LogP contribution in [0.2, 0.25) is 0 Å². The van der Waals surface area contributed by atoms with Crippen LogP contribution in [0.5, 0.6) is 17.2 Å². The molecule has 0 spiro atoms. The molecule has 4 heteroatoms.